The molecular weight excluding hydrogens is 228 g/mol. The van der Waals surface area contributed by atoms with Crippen LogP contribution in [0, 0.1) is 0 Å². The third-order valence-electron chi connectivity index (χ3n) is 2.59. The van der Waals surface area contributed by atoms with Gasteiger partial charge >= 0.3 is 0 Å². The first-order valence-electron chi connectivity index (χ1n) is 6.34. The lowest BCUT2D eigenvalue weighted by Gasteiger charge is -2.00. The van der Waals surface area contributed by atoms with Crippen molar-refractivity contribution in [3.05, 3.63) is 29.8 Å². The van der Waals surface area contributed by atoms with Crippen LogP contribution in [-0.2, 0) is 4.79 Å². The highest BCUT2D eigenvalue weighted by molar-refractivity contribution is 5.84. The number of phenols is 1. The zero-order chi connectivity index (χ0) is 13.2. The molecule has 0 aliphatic carbocycles. The number of rotatable bonds is 7. The number of hydrogen-bond acceptors (Lipinski definition) is 3. The minimum Gasteiger partial charge on any atom is -0.507 e. The van der Waals surface area contributed by atoms with Crippen molar-refractivity contribution in [2.45, 2.75) is 39.0 Å². The lowest BCUT2D eigenvalue weighted by Crippen LogP contribution is -2.16. The topological polar surface area (TPSA) is 61.7 Å². The van der Waals surface area contributed by atoms with E-state index >= 15 is 0 Å². The molecule has 0 saturated carbocycles. The summed E-state index contributed by atoms with van der Waals surface area (Å²) in [7, 11) is 0. The Morgan fingerprint density at radius 1 is 1.33 bits per heavy atom. The van der Waals surface area contributed by atoms with Gasteiger partial charge in [0.2, 0.25) is 5.91 Å². The number of hydrogen-bond donors (Lipinski definition) is 2. The van der Waals surface area contributed by atoms with Crippen LogP contribution in [0.5, 0.6) is 5.75 Å². The summed E-state index contributed by atoms with van der Waals surface area (Å²) in [4.78, 5) is 11.4. The highest BCUT2D eigenvalue weighted by Gasteiger charge is 1.99. The summed E-state index contributed by atoms with van der Waals surface area (Å²) in [5, 5.41) is 13.3. The molecule has 0 bridgehead atoms. The van der Waals surface area contributed by atoms with Gasteiger partial charge in [0.05, 0.1) is 6.21 Å². The van der Waals surface area contributed by atoms with E-state index in [1.54, 1.807) is 24.3 Å². The van der Waals surface area contributed by atoms with Crippen LogP contribution in [-0.4, -0.2) is 17.2 Å². The highest BCUT2D eigenvalue weighted by Crippen LogP contribution is 2.12. The quantitative estimate of drug-likeness (QED) is 0.443. The smallest absolute Gasteiger partial charge is 0.240 e. The Bertz CT molecular complexity index is 403. The monoisotopic (exact) mass is 248 g/mol. The molecule has 0 saturated heterocycles. The number of unbranched alkanes of at least 4 members (excludes halogenated alkanes) is 3. The molecule has 98 valence electrons. The van der Waals surface area contributed by atoms with Crippen LogP contribution in [0.2, 0.25) is 0 Å². The van der Waals surface area contributed by atoms with Gasteiger partial charge in [-0.25, -0.2) is 5.43 Å². The number of carbonyl (C=O) groups is 1. The third kappa shape index (κ3) is 5.48. The SMILES string of the molecule is CCCCCCC(=O)N/N=C/c1ccccc1O. The molecule has 1 amide bonds. The molecule has 1 aromatic carbocycles. The summed E-state index contributed by atoms with van der Waals surface area (Å²) in [6.45, 7) is 2.14. The van der Waals surface area contributed by atoms with Crippen molar-refractivity contribution in [3.8, 4) is 5.75 Å². The number of para-hydroxylation sites is 1. The number of phenolic OH excluding ortho intramolecular Hbond substituents is 1. The molecule has 0 atom stereocenters. The molecule has 0 radical (unpaired) electrons. The zero-order valence-electron chi connectivity index (χ0n) is 10.7. The van der Waals surface area contributed by atoms with E-state index in [1.807, 2.05) is 0 Å². The summed E-state index contributed by atoms with van der Waals surface area (Å²) < 4.78 is 0. The Morgan fingerprint density at radius 3 is 2.83 bits per heavy atom. The minimum atomic E-state index is -0.0854. The maximum atomic E-state index is 11.4. The van der Waals surface area contributed by atoms with Crippen molar-refractivity contribution in [3.63, 3.8) is 0 Å². The van der Waals surface area contributed by atoms with E-state index in [-0.39, 0.29) is 11.7 Å². The van der Waals surface area contributed by atoms with Crippen LogP contribution in [0.15, 0.2) is 29.4 Å². The molecule has 4 heteroatoms. The van der Waals surface area contributed by atoms with E-state index in [1.165, 1.54) is 6.21 Å². The van der Waals surface area contributed by atoms with Crippen molar-refractivity contribution in [1.29, 1.82) is 0 Å². The van der Waals surface area contributed by atoms with Gasteiger partial charge in [0.15, 0.2) is 0 Å². The van der Waals surface area contributed by atoms with Gasteiger partial charge < -0.3 is 5.11 Å². The lowest BCUT2D eigenvalue weighted by molar-refractivity contribution is -0.121. The predicted octanol–water partition coefficient (Wildman–Crippen LogP) is 2.81. The fourth-order valence-corrected chi connectivity index (χ4v) is 1.54. The molecule has 1 aromatic rings. The zero-order valence-corrected chi connectivity index (χ0v) is 10.7. The van der Waals surface area contributed by atoms with Crippen molar-refractivity contribution in [2.75, 3.05) is 0 Å². The first-order chi connectivity index (χ1) is 8.74. The molecule has 0 unspecified atom stereocenters. The Kier molecular flexibility index (Phi) is 6.54. The van der Waals surface area contributed by atoms with Crippen molar-refractivity contribution < 1.29 is 9.90 Å². The molecule has 1 rings (SSSR count). The molecule has 0 aromatic heterocycles. The Hall–Kier alpha value is -1.84. The van der Waals surface area contributed by atoms with Crippen LogP contribution in [0.3, 0.4) is 0 Å². The number of aromatic hydroxyl groups is 1. The van der Waals surface area contributed by atoms with Gasteiger partial charge in [-0.1, -0.05) is 38.3 Å². The van der Waals surface area contributed by atoms with Gasteiger partial charge in [-0.3, -0.25) is 4.79 Å². The number of nitrogens with zero attached hydrogens (tertiary/aromatic N) is 1. The fourth-order valence-electron chi connectivity index (χ4n) is 1.54. The molecule has 0 aliphatic heterocycles. The fraction of sp³-hybridized carbons (Fsp3) is 0.429. The largest absolute Gasteiger partial charge is 0.507 e. The number of hydrazone groups is 1. The van der Waals surface area contributed by atoms with E-state index in [0.29, 0.717) is 12.0 Å². The van der Waals surface area contributed by atoms with Crippen molar-refractivity contribution >= 4 is 12.1 Å². The van der Waals surface area contributed by atoms with Gasteiger partial charge in [0.25, 0.3) is 0 Å². The number of amides is 1. The van der Waals surface area contributed by atoms with E-state index < -0.39 is 0 Å². The van der Waals surface area contributed by atoms with Crippen LogP contribution < -0.4 is 5.43 Å². The first-order valence-corrected chi connectivity index (χ1v) is 6.34. The summed E-state index contributed by atoms with van der Waals surface area (Å²) >= 11 is 0. The van der Waals surface area contributed by atoms with Gasteiger partial charge in [0, 0.05) is 12.0 Å². The normalized spacial score (nSPS) is 10.7. The molecular formula is C14H20N2O2. The number of benzene rings is 1. The predicted molar refractivity (Wildman–Crippen MR) is 72.6 cm³/mol. The Balaban J connectivity index is 2.28. The molecule has 2 N–H and O–H groups in total. The summed E-state index contributed by atoms with van der Waals surface area (Å²) in [5.41, 5.74) is 3.04. The van der Waals surface area contributed by atoms with E-state index in [4.69, 9.17) is 0 Å². The van der Waals surface area contributed by atoms with Crippen LogP contribution in [0.4, 0.5) is 0 Å². The maximum Gasteiger partial charge on any atom is 0.240 e. The van der Waals surface area contributed by atoms with Crippen molar-refractivity contribution in [1.82, 2.24) is 5.43 Å². The highest BCUT2D eigenvalue weighted by atomic mass is 16.3. The lowest BCUT2D eigenvalue weighted by atomic mass is 10.1. The van der Waals surface area contributed by atoms with E-state index in [0.717, 1.165) is 25.7 Å². The third-order valence-corrected chi connectivity index (χ3v) is 2.59. The molecule has 0 aliphatic rings. The van der Waals surface area contributed by atoms with E-state index in [2.05, 4.69) is 17.5 Å². The van der Waals surface area contributed by atoms with Crippen LogP contribution in [0.1, 0.15) is 44.6 Å². The van der Waals surface area contributed by atoms with Gasteiger partial charge in [-0.15, -0.1) is 0 Å². The van der Waals surface area contributed by atoms with Crippen LogP contribution >= 0.6 is 0 Å². The average Bonchev–Trinajstić information content (AvgIpc) is 2.37. The van der Waals surface area contributed by atoms with Crippen LogP contribution in [0.25, 0.3) is 0 Å². The standard InChI is InChI=1S/C14H20N2O2/c1-2-3-4-5-10-14(18)16-15-11-12-8-6-7-9-13(12)17/h6-9,11,17H,2-5,10H2,1H3,(H,16,18)/b15-11+. The number of nitrogens with one attached hydrogen (secondary N) is 1. The average molecular weight is 248 g/mol. The second-order valence-corrected chi connectivity index (χ2v) is 4.16. The summed E-state index contributed by atoms with van der Waals surface area (Å²) in [6.07, 6.45) is 6.23. The van der Waals surface area contributed by atoms with Gasteiger partial charge in [-0.2, -0.15) is 5.10 Å². The molecule has 0 spiro atoms. The maximum absolute atomic E-state index is 11.4. The summed E-state index contributed by atoms with van der Waals surface area (Å²) in [5.74, 6) is 0.0659. The Labute approximate surface area is 108 Å². The second kappa shape index (κ2) is 8.28. The van der Waals surface area contributed by atoms with E-state index in [9.17, 15) is 9.90 Å². The van der Waals surface area contributed by atoms with Gasteiger partial charge in [-0.05, 0) is 18.6 Å². The Morgan fingerprint density at radius 2 is 2.11 bits per heavy atom. The molecule has 4 nitrogen and oxygen atoms in total. The second-order valence-electron chi connectivity index (χ2n) is 4.16. The van der Waals surface area contributed by atoms with Crippen molar-refractivity contribution in [2.24, 2.45) is 5.10 Å². The van der Waals surface area contributed by atoms with Gasteiger partial charge in [0.1, 0.15) is 5.75 Å². The molecule has 0 fully saturated rings. The first kappa shape index (κ1) is 14.2. The minimum absolute atomic E-state index is 0.0854. The molecule has 18 heavy (non-hydrogen) atoms. The summed E-state index contributed by atoms with van der Waals surface area (Å²) in [6, 6.07) is 6.84. The number of carbonyl (C=O) groups excluding carboxylic acids is 1. The molecule has 0 heterocycles.